The molecule has 0 unspecified atom stereocenters. The average molecular weight is 345 g/mol. The number of carboxylic acids is 1. The molecule has 2 rings (SSSR count). The first-order valence-electron chi connectivity index (χ1n) is 6.78. The van der Waals surface area contributed by atoms with Gasteiger partial charge in [-0.05, 0) is 36.4 Å². The van der Waals surface area contributed by atoms with Gasteiger partial charge in [-0.1, -0.05) is 11.8 Å². The molecule has 0 bridgehead atoms. The van der Waals surface area contributed by atoms with E-state index in [1.165, 1.54) is 37.6 Å². The van der Waals surface area contributed by atoms with Crippen LogP contribution in [0.2, 0.25) is 0 Å². The number of carbonyl (C=O) groups is 3. The summed E-state index contributed by atoms with van der Waals surface area (Å²) in [7, 11) is 1.29. The van der Waals surface area contributed by atoms with Gasteiger partial charge in [-0.15, -0.1) is 0 Å². The van der Waals surface area contributed by atoms with E-state index in [0.29, 0.717) is 11.3 Å². The highest BCUT2D eigenvalue weighted by Crippen LogP contribution is 2.20. The van der Waals surface area contributed by atoms with Crippen LogP contribution in [0.1, 0.15) is 20.7 Å². The molecule has 1 aromatic carbocycles. The number of benzene rings is 1. The zero-order chi connectivity index (χ0) is 17.5. The molecule has 1 N–H and O–H groups in total. The van der Waals surface area contributed by atoms with Crippen LogP contribution in [-0.4, -0.2) is 35.7 Å². The fraction of sp³-hybridized carbons (Fsp3) is 0.125. The number of pyridine rings is 1. The Kier molecular flexibility index (Phi) is 5.91. The number of ether oxygens (including phenoxy) is 1. The van der Waals surface area contributed by atoms with Gasteiger partial charge in [0.1, 0.15) is 5.03 Å². The van der Waals surface area contributed by atoms with Crippen molar-refractivity contribution >= 4 is 35.3 Å². The van der Waals surface area contributed by atoms with Crippen molar-refractivity contribution in [3.63, 3.8) is 0 Å². The lowest BCUT2D eigenvalue weighted by atomic mass is 10.2. The fourth-order valence-electron chi connectivity index (χ4n) is 1.80. The van der Waals surface area contributed by atoms with Gasteiger partial charge >= 0.3 is 5.97 Å². The molecule has 2 aromatic rings. The van der Waals surface area contributed by atoms with Gasteiger partial charge in [0.25, 0.3) is 0 Å². The Hall–Kier alpha value is -2.87. The number of hydrogen-bond donors (Lipinski definition) is 1. The highest BCUT2D eigenvalue weighted by Gasteiger charge is 2.10. The summed E-state index contributed by atoms with van der Waals surface area (Å²) in [6.45, 7) is 0. The third-order valence-corrected chi connectivity index (χ3v) is 3.93. The van der Waals surface area contributed by atoms with Crippen molar-refractivity contribution in [3.05, 3.63) is 53.7 Å². The molecular formula is C16H13N2O5S-. The van der Waals surface area contributed by atoms with E-state index in [9.17, 15) is 19.5 Å². The second-order valence-electron chi connectivity index (χ2n) is 4.55. The number of aromatic nitrogens is 1. The smallest absolute Gasteiger partial charge is 0.337 e. The van der Waals surface area contributed by atoms with Crippen LogP contribution in [0.5, 0.6) is 0 Å². The zero-order valence-electron chi connectivity index (χ0n) is 12.6. The predicted molar refractivity (Wildman–Crippen MR) is 85.7 cm³/mol. The molecule has 124 valence electrons. The molecule has 0 spiro atoms. The van der Waals surface area contributed by atoms with Crippen molar-refractivity contribution in [2.24, 2.45) is 0 Å². The summed E-state index contributed by atoms with van der Waals surface area (Å²) in [6, 6.07) is 9.06. The Morgan fingerprint density at radius 2 is 1.92 bits per heavy atom. The first-order valence-corrected chi connectivity index (χ1v) is 7.77. The van der Waals surface area contributed by atoms with Crippen LogP contribution in [0.3, 0.4) is 0 Å². The number of carbonyl (C=O) groups excluding carboxylic acids is 3. The Balaban J connectivity index is 1.94. The summed E-state index contributed by atoms with van der Waals surface area (Å²) >= 11 is 0.996. The van der Waals surface area contributed by atoms with Gasteiger partial charge in [0.15, 0.2) is 0 Å². The monoisotopic (exact) mass is 345 g/mol. The van der Waals surface area contributed by atoms with E-state index < -0.39 is 11.9 Å². The molecule has 0 saturated heterocycles. The summed E-state index contributed by atoms with van der Waals surface area (Å²) < 4.78 is 4.59. The number of methoxy groups -OCH3 is 1. The van der Waals surface area contributed by atoms with Gasteiger partial charge in [-0.2, -0.15) is 0 Å². The van der Waals surface area contributed by atoms with E-state index >= 15 is 0 Å². The van der Waals surface area contributed by atoms with Crippen LogP contribution in [0.15, 0.2) is 47.6 Å². The van der Waals surface area contributed by atoms with Gasteiger partial charge in [-0.25, -0.2) is 9.78 Å². The molecular weight excluding hydrogens is 332 g/mol. The van der Waals surface area contributed by atoms with Gasteiger partial charge in [0.05, 0.1) is 24.4 Å². The molecule has 0 atom stereocenters. The topological polar surface area (TPSA) is 108 Å². The van der Waals surface area contributed by atoms with Crippen LogP contribution in [-0.2, 0) is 9.53 Å². The maximum absolute atomic E-state index is 11.9. The number of carboxylic acid groups (broad SMARTS) is 1. The Morgan fingerprint density at radius 1 is 1.21 bits per heavy atom. The number of hydrogen-bond acceptors (Lipinski definition) is 7. The zero-order valence-corrected chi connectivity index (χ0v) is 13.5. The minimum Gasteiger partial charge on any atom is -0.545 e. The van der Waals surface area contributed by atoms with Crippen molar-refractivity contribution in [1.29, 1.82) is 0 Å². The number of amides is 1. The largest absolute Gasteiger partial charge is 0.545 e. The minimum absolute atomic E-state index is 0.0178. The van der Waals surface area contributed by atoms with Crippen LogP contribution >= 0.6 is 11.8 Å². The predicted octanol–water partition coefficient (Wildman–Crippen LogP) is 0.962. The third-order valence-electron chi connectivity index (χ3n) is 2.92. The Morgan fingerprint density at radius 3 is 2.54 bits per heavy atom. The maximum atomic E-state index is 11.9. The highest BCUT2D eigenvalue weighted by molar-refractivity contribution is 8.00. The molecule has 0 radical (unpaired) electrons. The number of nitrogens with one attached hydrogen (secondary N) is 1. The van der Waals surface area contributed by atoms with E-state index in [0.717, 1.165) is 11.8 Å². The number of anilines is 1. The van der Waals surface area contributed by atoms with Gasteiger partial charge < -0.3 is 20.0 Å². The average Bonchev–Trinajstić information content (AvgIpc) is 2.60. The van der Waals surface area contributed by atoms with Crippen LogP contribution in [0.25, 0.3) is 0 Å². The fourth-order valence-corrected chi connectivity index (χ4v) is 2.58. The van der Waals surface area contributed by atoms with Crippen LogP contribution in [0.4, 0.5) is 5.69 Å². The summed E-state index contributed by atoms with van der Waals surface area (Å²) in [5.74, 6) is -2.16. The van der Waals surface area contributed by atoms with E-state index in [2.05, 4.69) is 15.0 Å². The van der Waals surface area contributed by atoms with Gasteiger partial charge in [0.2, 0.25) is 5.91 Å². The number of aromatic carboxylic acids is 1. The van der Waals surface area contributed by atoms with E-state index in [1.807, 2.05) is 0 Å². The molecule has 7 nitrogen and oxygen atoms in total. The van der Waals surface area contributed by atoms with Crippen molar-refractivity contribution in [2.75, 3.05) is 18.2 Å². The molecule has 0 aliphatic heterocycles. The summed E-state index contributed by atoms with van der Waals surface area (Å²) in [5.41, 5.74) is 0.823. The standard InChI is InChI=1S/C16H14N2O5S/c1-23-16(22)10-4-6-11(7-5-10)18-13(19)9-24-14-12(15(20)21)3-2-8-17-14/h2-8H,9H2,1H3,(H,18,19)(H,20,21)/p-1. The van der Waals surface area contributed by atoms with Gasteiger partial charge in [0, 0.05) is 17.4 Å². The molecule has 0 aliphatic carbocycles. The van der Waals surface area contributed by atoms with Gasteiger partial charge in [-0.3, -0.25) is 4.79 Å². The highest BCUT2D eigenvalue weighted by atomic mass is 32.2. The molecule has 1 heterocycles. The number of esters is 1. The minimum atomic E-state index is -1.34. The van der Waals surface area contributed by atoms with Crippen LogP contribution < -0.4 is 10.4 Å². The van der Waals surface area contributed by atoms with Crippen molar-refractivity contribution in [1.82, 2.24) is 4.98 Å². The lowest BCUT2D eigenvalue weighted by molar-refractivity contribution is -0.255. The first kappa shape index (κ1) is 17.5. The Bertz CT molecular complexity index is 761. The van der Waals surface area contributed by atoms with E-state index in [-0.39, 0.29) is 22.2 Å². The second-order valence-corrected chi connectivity index (χ2v) is 5.51. The number of nitrogens with zero attached hydrogens (tertiary/aromatic N) is 1. The van der Waals surface area contributed by atoms with Crippen molar-refractivity contribution in [3.8, 4) is 0 Å². The van der Waals surface area contributed by atoms with Crippen molar-refractivity contribution < 1.29 is 24.2 Å². The lowest BCUT2D eigenvalue weighted by Crippen LogP contribution is -2.23. The first-order chi connectivity index (χ1) is 11.5. The molecule has 0 saturated carbocycles. The molecule has 24 heavy (non-hydrogen) atoms. The summed E-state index contributed by atoms with van der Waals surface area (Å²) in [4.78, 5) is 38.1. The summed E-state index contributed by atoms with van der Waals surface area (Å²) in [6.07, 6.45) is 1.44. The number of thioether (sulfide) groups is 1. The second kappa shape index (κ2) is 8.11. The lowest BCUT2D eigenvalue weighted by Gasteiger charge is -2.09. The Labute approximate surface area is 142 Å². The molecule has 8 heteroatoms. The maximum Gasteiger partial charge on any atom is 0.337 e. The molecule has 0 fully saturated rings. The summed E-state index contributed by atoms with van der Waals surface area (Å²) in [5, 5.41) is 13.8. The molecule has 0 aliphatic rings. The van der Waals surface area contributed by atoms with E-state index in [1.54, 1.807) is 12.1 Å². The number of rotatable bonds is 6. The quantitative estimate of drug-likeness (QED) is 0.613. The normalized spacial score (nSPS) is 10.0. The van der Waals surface area contributed by atoms with E-state index in [4.69, 9.17) is 0 Å². The molecule has 1 aromatic heterocycles. The SMILES string of the molecule is COC(=O)c1ccc(NC(=O)CSc2ncccc2C(=O)[O-])cc1. The van der Waals surface area contributed by atoms with Crippen LogP contribution in [0, 0.1) is 0 Å². The van der Waals surface area contributed by atoms with Crippen molar-refractivity contribution in [2.45, 2.75) is 5.03 Å². The third kappa shape index (κ3) is 4.56. The molecule has 1 amide bonds.